The Morgan fingerprint density at radius 2 is 1.59 bits per heavy atom. The van der Waals surface area contributed by atoms with E-state index < -0.39 is 16.6 Å². The molecule has 2 nitrogen and oxygen atoms in total. The number of fused-ring (bicyclic) bond motifs is 1. The number of allylic oxidation sites excluding steroid dienone is 3. The molecule has 0 radical (unpaired) electrons. The van der Waals surface area contributed by atoms with Crippen molar-refractivity contribution in [3.63, 3.8) is 0 Å². The Hall–Kier alpha value is -0.866. The van der Waals surface area contributed by atoms with Gasteiger partial charge in [-0.05, 0) is 103 Å². The summed E-state index contributed by atoms with van der Waals surface area (Å²) in [6.07, 6.45) is 19.2. The third kappa shape index (κ3) is 6.79. The normalized spacial score (nSPS) is 33.8. The SMILES string of the molecule is C#C[C@H](C)[C@H]1CC[C@H]2/C(=C/C=C3\C[C@@H](O[Si](C)(C)C(C)(C)C)C[C@H](O[Si](C)(C)C(C)(C)C)C3=C)CCC[C@]12C. The van der Waals surface area contributed by atoms with Crippen LogP contribution in [-0.2, 0) is 8.85 Å². The number of terminal acetylenes is 1. The standard InChI is InChI=1S/C35H60O2Si2/c1-15-25(2)30-20-21-31-27(17-16-22-35(30,31)10)18-19-28-23-29(36-38(11,12)33(4,5)6)24-32(26(28)3)37-39(13,14)34(7,8)9/h1,18-19,25,29-32H,3,16-17,20-24H2,2,4-14H3/b27-18+,28-19+/t25-,29+,30+,31-,32-,35+/m0/s1. The molecular weight excluding hydrogens is 509 g/mol. The van der Waals surface area contributed by atoms with Crippen molar-refractivity contribution < 1.29 is 8.85 Å². The van der Waals surface area contributed by atoms with Gasteiger partial charge in [0.25, 0.3) is 0 Å². The van der Waals surface area contributed by atoms with Crippen LogP contribution in [0.25, 0.3) is 0 Å². The highest BCUT2D eigenvalue weighted by atomic mass is 28.4. The van der Waals surface area contributed by atoms with Crippen LogP contribution in [0.1, 0.15) is 100 Å². The molecule has 0 heterocycles. The van der Waals surface area contributed by atoms with Gasteiger partial charge in [0, 0.05) is 12.3 Å². The molecule has 0 saturated heterocycles. The Balaban J connectivity index is 1.93. The fourth-order valence-corrected chi connectivity index (χ4v) is 9.65. The van der Waals surface area contributed by atoms with E-state index in [4.69, 9.17) is 15.3 Å². The molecule has 0 aromatic heterocycles. The first-order chi connectivity index (χ1) is 17.7. The molecule has 3 aliphatic carbocycles. The van der Waals surface area contributed by atoms with Gasteiger partial charge in [0.15, 0.2) is 16.6 Å². The van der Waals surface area contributed by atoms with Gasteiger partial charge < -0.3 is 8.85 Å². The van der Waals surface area contributed by atoms with Crippen molar-refractivity contribution >= 4 is 16.6 Å². The Morgan fingerprint density at radius 1 is 1.00 bits per heavy atom. The fourth-order valence-electron chi connectivity index (χ4n) is 6.98. The van der Waals surface area contributed by atoms with E-state index in [1.807, 2.05) is 0 Å². The predicted octanol–water partition coefficient (Wildman–Crippen LogP) is 10.5. The quantitative estimate of drug-likeness (QED) is 0.234. The number of rotatable bonds is 6. The van der Waals surface area contributed by atoms with Crippen molar-refractivity contribution in [1.29, 1.82) is 0 Å². The molecule has 4 heteroatoms. The minimum atomic E-state index is -1.96. The second-order valence-electron chi connectivity index (χ2n) is 16.3. The summed E-state index contributed by atoms with van der Waals surface area (Å²) < 4.78 is 14.1. The van der Waals surface area contributed by atoms with E-state index in [1.54, 1.807) is 5.57 Å². The van der Waals surface area contributed by atoms with Crippen molar-refractivity contribution in [1.82, 2.24) is 0 Å². The van der Waals surface area contributed by atoms with E-state index in [0.717, 1.165) is 12.8 Å². The summed E-state index contributed by atoms with van der Waals surface area (Å²) >= 11 is 0. The summed E-state index contributed by atoms with van der Waals surface area (Å²) in [6, 6.07) is 0. The van der Waals surface area contributed by atoms with E-state index in [0.29, 0.717) is 23.2 Å². The maximum Gasteiger partial charge on any atom is 0.192 e. The maximum absolute atomic E-state index is 7.04. The topological polar surface area (TPSA) is 18.5 Å². The Labute approximate surface area is 244 Å². The zero-order valence-electron chi connectivity index (χ0n) is 27.6. The van der Waals surface area contributed by atoms with Gasteiger partial charge in [0.05, 0.1) is 12.2 Å². The molecule has 6 atom stereocenters. The summed E-state index contributed by atoms with van der Waals surface area (Å²) in [6.45, 7) is 32.9. The lowest BCUT2D eigenvalue weighted by atomic mass is 9.61. The average molecular weight is 569 g/mol. The van der Waals surface area contributed by atoms with Crippen LogP contribution >= 0.6 is 0 Å². The predicted molar refractivity (Wildman–Crippen MR) is 175 cm³/mol. The van der Waals surface area contributed by atoms with Gasteiger partial charge in [-0.15, -0.1) is 12.3 Å². The molecule has 0 aliphatic heterocycles. The van der Waals surface area contributed by atoms with Gasteiger partial charge in [0.1, 0.15) is 0 Å². The molecule has 0 N–H and O–H groups in total. The summed E-state index contributed by atoms with van der Waals surface area (Å²) in [5.41, 5.74) is 4.47. The monoisotopic (exact) mass is 568 g/mol. The molecule has 3 aliphatic rings. The Morgan fingerprint density at radius 3 is 2.15 bits per heavy atom. The molecule has 0 aromatic carbocycles. The molecular formula is C35H60O2Si2. The van der Waals surface area contributed by atoms with E-state index >= 15 is 0 Å². The Bertz CT molecular complexity index is 1010. The molecule has 0 bridgehead atoms. The van der Waals surface area contributed by atoms with Crippen molar-refractivity contribution in [2.45, 2.75) is 149 Å². The van der Waals surface area contributed by atoms with Gasteiger partial charge >= 0.3 is 0 Å². The number of hydrogen-bond donors (Lipinski definition) is 0. The highest BCUT2D eigenvalue weighted by molar-refractivity contribution is 6.74. The summed E-state index contributed by atoms with van der Waals surface area (Å²) in [4.78, 5) is 0. The van der Waals surface area contributed by atoms with Crippen LogP contribution < -0.4 is 0 Å². The van der Waals surface area contributed by atoms with Crippen molar-refractivity contribution in [2.75, 3.05) is 0 Å². The minimum absolute atomic E-state index is 0.0306. The maximum atomic E-state index is 7.04. The van der Waals surface area contributed by atoms with Gasteiger partial charge in [-0.3, -0.25) is 0 Å². The molecule has 39 heavy (non-hydrogen) atoms. The van der Waals surface area contributed by atoms with Crippen molar-refractivity contribution in [3.05, 3.63) is 35.5 Å². The van der Waals surface area contributed by atoms with Gasteiger partial charge in [-0.2, -0.15) is 0 Å². The Kier molecular flexibility index (Phi) is 9.57. The number of hydrogen-bond acceptors (Lipinski definition) is 2. The van der Waals surface area contributed by atoms with Gasteiger partial charge in [-0.25, -0.2) is 0 Å². The summed E-state index contributed by atoms with van der Waals surface area (Å²) in [5.74, 6) is 4.72. The average Bonchev–Trinajstić information content (AvgIpc) is 3.15. The zero-order valence-corrected chi connectivity index (χ0v) is 29.6. The second-order valence-corrected chi connectivity index (χ2v) is 25.8. The lowest BCUT2D eigenvalue weighted by molar-refractivity contribution is 0.0969. The summed E-state index contributed by atoms with van der Waals surface area (Å²) in [7, 11) is -3.86. The van der Waals surface area contributed by atoms with E-state index in [2.05, 4.69) is 106 Å². The molecule has 220 valence electrons. The highest BCUT2D eigenvalue weighted by Gasteiger charge is 2.50. The lowest BCUT2D eigenvalue weighted by Crippen LogP contribution is -2.49. The first-order valence-electron chi connectivity index (χ1n) is 15.6. The molecule has 0 spiro atoms. The van der Waals surface area contributed by atoms with Crippen LogP contribution in [0.3, 0.4) is 0 Å². The first-order valence-corrected chi connectivity index (χ1v) is 21.5. The molecule has 3 fully saturated rings. The highest BCUT2D eigenvalue weighted by Crippen LogP contribution is 2.59. The summed E-state index contributed by atoms with van der Waals surface area (Å²) in [5, 5.41) is 0.345. The van der Waals surface area contributed by atoms with Gasteiger partial charge in [-0.1, -0.05) is 79.7 Å². The van der Waals surface area contributed by atoms with E-state index in [1.165, 1.54) is 43.3 Å². The van der Waals surface area contributed by atoms with Crippen molar-refractivity contribution in [2.24, 2.45) is 23.2 Å². The second kappa shape index (κ2) is 11.4. The lowest BCUT2D eigenvalue weighted by Gasteiger charge is -2.45. The third-order valence-corrected chi connectivity index (χ3v) is 20.7. The molecule has 3 rings (SSSR count). The van der Waals surface area contributed by atoms with E-state index in [9.17, 15) is 0 Å². The van der Waals surface area contributed by atoms with Crippen LogP contribution in [-0.4, -0.2) is 28.8 Å². The minimum Gasteiger partial charge on any atom is -0.413 e. The molecule has 0 aromatic rings. The zero-order chi connectivity index (χ0) is 29.6. The molecule has 0 amide bonds. The smallest absolute Gasteiger partial charge is 0.192 e. The van der Waals surface area contributed by atoms with Crippen molar-refractivity contribution in [3.8, 4) is 12.3 Å². The largest absolute Gasteiger partial charge is 0.413 e. The molecule has 3 saturated carbocycles. The van der Waals surface area contributed by atoms with Crippen LogP contribution in [0.5, 0.6) is 0 Å². The van der Waals surface area contributed by atoms with Crippen LogP contribution in [0.15, 0.2) is 35.5 Å². The fraction of sp³-hybridized carbons (Fsp3) is 0.771. The molecule has 0 unspecified atom stereocenters. The van der Waals surface area contributed by atoms with E-state index in [-0.39, 0.29) is 22.3 Å². The first kappa shape index (κ1) is 32.6. The van der Waals surface area contributed by atoms with Crippen LogP contribution in [0, 0.1) is 35.5 Å². The third-order valence-electron chi connectivity index (χ3n) is 11.6. The van der Waals surface area contributed by atoms with Crippen LogP contribution in [0.2, 0.25) is 36.3 Å². The van der Waals surface area contributed by atoms with Gasteiger partial charge in [0.2, 0.25) is 0 Å². The van der Waals surface area contributed by atoms with Crippen LogP contribution in [0.4, 0.5) is 0 Å².